The van der Waals surface area contributed by atoms with Gasteiger partial charge in [-0.05, 0) is 49.8 Å². The van der Waals surface area contributed by atoms with Crippen LogP contribution >= 0.6 is 11.6 Å². The van der Waals surface area contributed by atoms with Crippen LogP contribution in [0.5, 0.6) is 5.75 Å². The van der Waals surface area contributed by atoms with Crippen LogP contribution in [0.1, 0.15) is 37.8 Å². The standard InChI is InChI=1S/C15H20ClNO/c1-10(14-7-13(16)5-6-15(14)18)17-8-11-3-2-4-12(11)9-17/h5-7,10-12,18H,2-4,8-9H2,1H3. The van der Waals surface area contributed by atoms with Crippen molar-refractivity contribution in [1.82, 2.24) is 4.90 Å². The van der Waals surface area contributed by atoms with E-state index in [1.807, 2.05) is 6.07 Å². The van der Waals surface area contributed by atoms with E-state index < -0.39 is 0 Å². The Balaban J connectivity index is 1.78. The van der Waals surface area contributed by atoms with Gasteiger partial charge in [0.1, 0.15) is 5.75 Å². The Labute approximate surface area is 114 Å². The molecule has 0 aromatic heterocycles. The number of phenols is 1. The second-order valence-electron chi connectivity index (χ2n) is 5.78. The molecule has 2 nitrogen and oxygen atoms in total. The van der Waals surface area contributed by atoms with Crippen LogP contribution in [0.4, 0.5) is 0 Å². The highest BCUT2D eigenvalue weighted by molar-refractivity contribution is 6.30. The van der Waals surface area contributed by atoms with Crippen molar-refractivity contribution in [3.05, 3.63) is 28.8 Å². The molecule has 1 aromatic carbocycles. The predicted octanol–water partition coefficient (Wildman–Crippen LogP) is 3.84. The lowest BCUT2D eigenvalue weighted by Crippen LogP contribution is -2.25. The van der Waals surface area contributed by atoms with Crippen LogP contribution < -0.4 is 0 Å². The van der Waals surface area contributed by atoms with Crippen LogP contribution in [-0.4, -0.2) is 23.1 Å². The molecule has 1 aliphatic carbocycles. The van der Waals surface area contributed by atoms with E-state index >= 15 is 0 Å². The Kier molecular flexibility index (Phi) is 3.25. The van der Waals surface area contributed by atoms with Crippen LogP contribution in [-0.2, 0) is 0 Å². The maximum absolute atomic E-state index is 9.98. The van der Waals surface area contributed by atoms with Crippen molar-refractivity contribution in [3.8, 4) is 5.75 Å². The van der Waals surface area contributed by atoms with Gasteiger partial charge < -0.3 is 5.11 Å². The Morgan fingerprint density at radius 3 is 2.61 bits per heavy atom. The SMILES string of the molecule is CC(c1cc(Cl)ccc1O)N1CC2CCCC2C1. The highest BCUT2D eigenvalue weighted by Gasteiger charge is 2.38. The number of rotatable bonds is 2. The van der Waals surface area contributed by atoms with E-state index in [0.29, 0.717) is 10.8 Å². The molecule has 18 heavy (non-hydrogen) atoms. The molecule has 1 aliphatic heterocycles. The number of halogens is 1. The number of hydrogen-bond acceptors (Lipinski definition) is 2. The molecule has 2 aliphatic rings. The first kappa shape index (κ1) is 12.3. The average Bonchev–Trinajstić information content (AvgIpc) is 2.91. The second-order valence-corrected chi connectivity index (χ2v) is 6.22. The molecule has 3 unspecified atom stereocenters. The summed E-state index contributed by atoms with van der Waals surface area (Å²) in [4.78, 5) is 2.50. The smallest absolute Gasteiger partial charge is 0.120 e. The summed E-state index contributed by atoms with van der Waals surface area (Å²) in [5, 5.41) is 10.7. The fourth-order valence-electron chi connectivity index (χ4n) is 3.64. The van der Waals surface area contributed by atoms with E-state index in [1.165, 1.54) is 32.4 Å². The summed E-state index contributed by atoms with van der Waals surface area (Å²) in [6.45, 7) is 4.53. The predicted molar refractivity (Wildman–Crippen MR) is 73.9 cm³/mol. The van der Waals surface area contributed by atoms with Gasteiger partial charge in [0, 0.05) is 29.7 Å². The molecule has 1 aromatic rings. The fraction of sp³-hybridized carbons (Fsp3) is 0.600. The summed E-state index contributed by atoms with van der Waals surface area (Å²) < 4.78 is 0. The quantitative estimate of drug-likeness (QED) is 0.878. The van der Waals surface area contributed by atoms with Gasteiger partial charge in [-0.2, -0.15) is 0 Å². The number of hydrogen-bond donors (Lipinski definition) is 1. The third kappa shape index (κ3) is 2.12. The minimum absolute atomic E-state index is 0.259. The Morgan fingerprint density at radius 2 is 1.94 bits per heavy atom. The highest BCUT2D eigenvalue weighted by atomic mass is 35.5. The van der Waals surface area contributed by atoms with Crippen LogP contribution in [0, 0.1) is 11.8 Å². The number of nitrogens with zero attached hydrogens (tertiary/aromatic N) is 1. The van der Waals surface area contributed by atoms with Crippen LogP contribution in [0.3, 0.4) is 0 Å². The zero-order chi connectivity index (χ0) is 12.7. The summed E-state index contributed by atoms with van der Waals surface area (Å²) >= 11 is 6.03. The molecule has 1 N–H and O–H groups in total. The molecule has 2 fully saturated rings. The number of fused-ring (bicyclic) bond motifs is 1. The lowest BCUT2D eigenvalue weighted by molar-refractivity contribution is 0.238. The lowest BCUT2D eigenvalue weighted by Gasteiger charge is -2.26. The number of likely N-dealkylation sites (tertiary alicyclic amines) is 1. The minimum atomic E-state index is 0.259. The topological polar surface area (TPSA) is 23.5 Å². The van der Waals surface area contributed by atoms with Crippen molar-refractivity contribution in [2.75, 3.05) is 13.1 Å². The summed E-state index contributed by atoms with van der Waals surface area (Å²) in [6, 6.07) is 5.60. The van der Waals surface area contributed by atoms with E-state index in [-0.39, 0.29) is 6.04 Å². The molecule has 0 amide bonds. The Bertz CT molecular complexity index is 436. The zero-order valence-corrected chi connectivity index (χ0v) is 11.5. The van der Waals surface area contributed by atoms with Crippen LogP contribution in [0.25, 0.3) is 0 Å². The molecule has 98 valence electrons. The minimum Gasteiger partial charge on any atom is -0.508 e. The summed E-state index contributed by atoms with van der Waals surface area (Å²) in [6.07, 6.45) is 4.17. The van der Waals surface area contributed by atoms with Crippen LogP contribution in [0.15, 0.2) is 18.2 Å². The summed E-state index contributed by atoms with van der Waals surface area (Å²) in [5.41, 5.74) is 0.961. The van der Waals surface area contributed by atoms with Gasteiger partial charge in [0.2, 0.25) is 0 Å². The van der Waals surface area contributed by atoms with E-state index in [1.54, 1.807) is 12.1 Å². The fourth-order valence-corrected chi connectivity index (χ4v) is 3.82. The lowest BCUT2D eigenvalue weighted by atomic mass is 10.0. The first-order valence-electron chi connectivity index (χ1n) is 6.87. The van der Waals surface area contributed by atoms with Crippen molar-refractivity contribution in [2.24, 2.45) is 11.8 Å². The molecule has 0 spiro atoms. The highest BCUT2D eigenvalue weighted by Crippen LogP contribution is 2.42. The van der Waals surface area contributed by atoms with E-state index in [0.717, 1.165) is 17.4 Å². The molecular formula is C15H20ClNO. The van der Waals surface area contributed by atoms with Crippen molar-refractivity contribution in [2.45, 2.75) is 32.2 Å². The maximum Gasteiger partial charge on any atom is 0.120 e. The Morgan fingerprint density at radius 1 is 1.28 bits per heavy atom. The molecular weight excluding hydrogens is 246 g/mol. The number of phenolic OH excluding ortho intramolecular Hbond substituents is 1. The maximum atomic E-state index is 9.98. The van der Waals surface area contributed by atoms with Gasteiger partial charge in [0.25, 0.3) is 0 Å². The van der Waals surface area contributed by atoms with E-state index in [2.05, 4.69) is 11.8 Å². The van der Waals surface area contributed by atoms with Crippen molar-refractivity contribution >= 4 is 11.6 Å². The van der Waals surface area contributed by atoms with Gasteiger partial charge in [0.05, 0.1) is 0 Å². The second kappa shape index (κ2) is 4.75. The molecule has 0 radical (unpaired) electrons. The third-order valence-corrected chi connectivity index (χ3v) is 4.98. The largest absolute Gasteiger partial charge is 0.508 e. The molecule has 3 heteroatoms. The normalized spacial score (nSPS) is 29.4. The van der Waals surface area contributed by atoms with Gasteiger partial charge in [0.15, 0.2) is 0 Å². The molecule has 1 heterocycles. The number of aromatic hydroxyl groups is 1. The molecule has 1 saturated heterocycles. The molecule has 0 bridgehead atoms. The average molecular weight is 266 g/mol. The summed E-state index contributed by atoms with van der Waals surface area (Å²) in [5.74, 6) is 2.13. The third-order valence-electron chi connectivity index (χ3n) is 4.74. The van der Waals surface area contributed by atoms with Crippen molar-refractivity contribution < 1.29 is 5.11 Å². The van der Waals surface area contributed by atoms with Gasteiger partial charge in [-0.25, -0.2) is 0 Å². The molecule has 3 atom stereocenters. The molecule has 3 rings (SSSR count). The number of benzene rings is 1. The van der Waals surface area contributed by atoms with Gasteiger partial charge in [-0.1, -0.05) is 18.0 Å². The van der Waals surface area contributed by atoms with Gasteiger partial charge in [-0.3, -0.25) is 4.90 Å². The monoisotopic (exact) mass is 265 g/mol. The Hall–Kier alpha value is -0.730. The van der Waals surface area contributed by atoms with Crippen molar-refractivity contribution in [1.29, 1.82) is 0 Å². The summed E-state index contributed by atoms with van der Waals surface area (Å²) in [7, 11) is 0. The van der Waals surface area contributed by atoms with Gasteiger partial charge >= 0.3 is 0 Å². The van der Waals surface area contributed by atoms with Crippen LogP contribution in [0.2, 0.25) is 5.02 Å². The molecule has 1 saturated carbocycles. The van der Waals surface area contributed by atoms with Gasteiger partial charge in [-0.15, -0.1) is 0 Å². The first-order chi connectivity index (χ1) is 8.65. The van der Waals surface area contributed by atoms with Crippen molar-refractivity contribution in [3.63, 3.8) is 0 Å². The van der Waals surface area contributed by atoms with E-state index in [9.17, 15) is 5.11 Å². The van der Waals surface area contributed by atoms with E-state index in [4.69, 9.17) is 11.6 Å². The first-order valence-corrected chi connectivity index (χ1v) is 7.25. The zero-order valence-electron chi connectivity index (χ0n) is 10.8.